The molecule has 1 aromatic heterocycles. The van der Waals surface area contributed by atoms with Crippen molar-refractivity contribution in [2.24, 2.45) is 5.73 Å². The molecule has 2 rings (SSSR count). The molecule has 108 valence electrons. The summed E-state index contributed by atoms with van der Waals surface area (Å²) >= 11 is 1.37. The van der Waals surface area contributed by atoms with Crippen LogP contribution in [0.5, 0.6) is 11.5 Å². The number of benzene rings is 1. The van der Waals surface area contributed by atoms with E-state index in [-0.39, 0.29) is 18.1 Å². The Labute approximate surface area is 117 Å². The second-order valence-electron chi connectivity index (χ2n) is 3.72. The first-order chi connectivity index (χ1) is 9.48. The molecule has 1 heterocycles. The molecule has 0 fully saturated rings. The Kier molecular flexibility index (Phi) is 4.46. The van der Waals surface area contributed by atoms with Crippen LogP contribution in [0.2, 0.25) is 0 Å². The largest absolute Gasteiger partial charge is 0.573 e. The van der Waals surface area contributed by atoms with E-state index in [9.17, 15) is 13.2 Å². The minimum absolute atomic E-state index is 0.00660. The second kappa shape index (κ2) is 6.10. The van der Waals surface area contributed by atoms with Gasteiger partial charge in [0.1, 0.15) is 11.6 Å². The SMILES string of the molecule is NCc1nc(COc2ccccc2OC(F)(F)F)cs1. The topological polar surface area (TPSA) is 57.4 Å². The summed E-state index contributed by atoms with van der Waals surface area (Å²) in [5, 5.41) is 2.48. The Balaban J connectivity index is 2.05. The van der Waals surface area contributed by atoms with E-state index in [1.54, 1.807) is 11.4 Å². The summed E-state index contributed by atoms with van der Waals surface area (Å²) in [6.07, 6.45) is -4.76. The summed E-state index contributed by atoms with van der Waals surface area (Å²) in [7, 11) is 0. The highest BCUT2D eigenvalue weighted by Crippen LogP contribution is 2.32. The van der Waals surface area contributed by atoms with E-state index in [4.69, 9.17) is 10.5 Å². The summed E-state index contributed by atoms with van der Waals surface area (Å²) < 4.78 is 45.9. The molecule has 0 aliphatic carbocycles. The fourth-order valence-corrected chi connectivity index (χ4v) is 2.10. The van der Waals surface area contributed by atoms with Crippen molar-refractivity contribution in [2.75, 3.05) is 0 Å². The van der Waals surface area contributed by atoms with Crippen molar-refractivity contribution in [3.63, 3.8) is 0 Å². The second-order valence-corrected chi connectivity index (χ2v) is 4.66. The zero-order chi connectivity index (χ0) is 14.6. The number of ether oxygens (including phenoxy) is 2. The number of nitrogens with zero attached hydrogens (tertiary/aromatic N) is 1. The lowest BCUT2D eigenvalue weighted by Crippen LogP contribution is -2.17. The number of aromatic nitrogens is 1. The van der Waals surface area contributed by atoms with Gasteiger partial charge in [0.2, 0.25) is 0 Å². The molecule has 0 atom stereocenters. The summed E-state index contributed by atoms with van der Waals surface area (Å²) in [6.45, 7) is 0.368. The minimum atomic E-state index is -4.76. The van der Waals surface area contributed by atoms with Gasteiger partial charge in [0.25, 0.3) is 0 Å². The fraction of sp³-hybridized carbons (Fsp3) is 0.250. The molecule has 0 spiro atoms. The molecular weight excluding hydrogens is 293 g/mol. The number of rotatable bonds is 5. The van der Waals surface area contributed by atoms with E-state index in [1.165, 1.54) is 29.5 Å². The molecular formula is C12H11F3N2O2S. The lowest BCUT2D eigenvalue weighted by atomic mass is 10.3. The summed E-state index contributed by atoms with van der Waals surface area (Å²) in [5.41, 5.74) is 6.03. The number of thiazole rings is 1. The smallest absolute Gasteiger partial charge is 0.483 e. The number of alkyl halides is 3. The van der Waals surface area contributed by atoms with Crippen molar-refractivity contribution < 1.29 is 22.6 Å². The quantitative estimate of drug-likeness (QED) is 0.922. The highest BCUT2D eigenvalue weighted by Gasteiger charge is 2.32. The van der Waals surface area contributed by atoms with E-state index < -0.39 is 6.36 Å². The molecule has 0 aliphatic heterocycles. The molecule has 0 unspecified atom stereocenters. The predicted molar refractivity (Wildman–Crippen MR) is 67.5 cm³/mol. The Morgan fingerprint density at radius 2 is 1.90 bits per heavy atom. The van der Waals surface area contributed by atoms with Crippen LogP contribution in [-0.2, 0) is 13.2 Å². The molecule has 20 heavy (non-hydrogen) atoms. The van der Waals surface area contributed by atoms with Gasteiger partial charge in [-0.25, -0.2) is 4.98 Å². The van der Waals surface area contributed by atoms with Crippen LogP contribution in [-0.4, -0.2) is 11.3 Å². The van der Waals surface area contributed by atoms with Gasteiger partial charge in [-0.1, -0.05) is 12.1 Å². The zero-order valence-electron chi connectivity index (χ0n) is 10.2. The molecule has 2 N–H and O–H groups in total. The lowest BCUT2D eigenvalue weighted by molar-refractivity contribution is -0.275. The third-order valence-electron chi connectivity index (χ3n) is 2.22. The average molecular weight is 304 g/mol. The number of para-hydroxylation sites is 2. The predicted octanol–water partition coefficient (Wildman–Crippen LogP) is 3.08. The van der Waals surface area contributed by atoms with Gasteiger partial charge in [0.15, 0.2) is 11.5 Å². The molecule has 0 saturated heterocycles. The van der Waals surface area contributed by atoms with Crippen LogP contribution < -0.4 is 15.2 Å². The zero-order valence-corrected chi connectivity index (χ0v) is 11.0. The number of halogens is 3. The third kappa shape index (κ3) is 4.10. The van der Waals surface area contributed by atoms with E-state index >= 15 is 0 Å². The average Bonchev–Trinajstić information content (AvgIpc) is 2.84. The number of hydrogen-bond acceptors (Lipinski definition) is 5. The van der Waals surface area contributed by atoms with Gasteiger partial charge in [-0.2, -0.15) is 0 Å². The van der Waals surface area contributed by atoms with Crippen LogP contribution in [0.15, 0.2) is 29.6 Å². The highest BCUT2D eigenvalue weighted by molar-refractivity contribution is 7.09. The van der Waals surface area contributed by atoms with Crippen LogP contribution in [0.3, 0.4) is 0 Å². The minimum Gasteiger partial charge on any atom is -0.483 e. The summed E-state index contributed by atoms with van der Waals surface area (Å²) in [4.78, 5) is 4.15. The summed E-state index contributed by atoms with van der Waals surface area (Å²) in [5.74, 6) is -0.374. The monoisotopic (exact) mass is 304 g/mol. The first-order valence-electron chi connectivity index (χ1n) is 5.59. The Morgan fingerprint density at radius 1 is 1.20 bits per heavy atom. The Hall–Kier alpha value is -1.80. The van der Waals surface area contributed by atoms with E-state index in [1.807, 2.05) is 0 Å². The van der Waals surface area contributed by atoms with Crippen molar-refractivity contribution in [2.45, 2.75) is 19.5 Å². The van der Waals surface area contributed by atoms with Crippen LogP contribution in [0.25, 0.3) is 0 Å². The number of nitrogens with two attached hydrogens (primary N) is 1. The van der Waals surface area contributed by atoms with Gasteiger partial charge in [-0.05, 0) is 12.1 Å². The molecule has 1 aromatic carbocycles. The van der Waals surface area contributed by atoms with E-state index in [0.717, 1.165) is 5.01 Å². The van der Waals surface area contributed by atoms with E-state index in [2.05, 4.69) is 9.72 Å². The molecule has 0 amide bonds. The van der Waals surface area contributed by atoms with Gasteiger partial charge in [-0.15, -0.1) is 24.5 Å². The van der Waals surface area contributed by atoms with Gasteiger partial charge >= 0.3 is 6.36 Å². The molecule has 0 bridgehead atoms. The molecule has 0 aliphatic rings. The Morgan fingerprint density at radius 3 is 2.50 bits per heavy atom. The van der Waals surface area contributed by atoms with Gasteiger partial charge in [0, 0.05) is 11.9 Å². The first-order valence-corrected chi connectivity index (χ1v) is 6.47. The van der Waals surface area contributed by atoms with Crippen molar-refractivity contribution in [3.05, 3.63) is 40.3 Å². The normalized spacial score (nSPS) is 11.4. The van der Waals surface area contributed by atoms with Gasteiger partial charge < -0.3 is 15.2 Å². The standard InChI is InChI=1S/C12H11F3N2O2S/c13-12(14,15)19-10-4-2-1-3-9(10)18-6-8-7-20-11(5-16)17-8/h1-4,7H,5-6,16H2. The van der Waals surface area contributed by atoms with Crippen molar-refractivity contribution in [1.82, 2.24) is 4.98 Å². The molecule has 0 saturated carbocycles. The van der Waals surface area contributed by atoms with E-state index in [0.29, 0.717) is 12.2 Å². The maximum atomic E-state index is 12.2. The third-order valence-corrected chi connectivity index (χ3v) is 3.14. The number of hydrogen-bond donors (Lipinski definition) is 1. The maximum absolute atomic E-state index is 12.2. The van der Waals surface area contributed by atoms with Crippen LogP contribution >= 0.6 is 11.3 Å². The summed E-state index contributed by atoms with van der Waals surface area (Å²) in [6, 6.07) is 5.58. The molecule has 0 radical (unpaired) electrons. The highest BCUT2D eigenvalue weighted by atomic mass is 32.1. The lowest BCUT2D eigenvalue weighted by Gasteiger charge is -2.13. The first kappa shape index (κ1) is 14.6. The van der Waals surface area contributed by atoms with Crippen LogP contribution in [0.4, 0.5) is 13.2 Å². The van der Waals surface area contributed by atoms with Crippen LogP contribution in [0, 0.1) is 0 Å². The van der Waals surface area contributed by atoms with Gasteiger partial charge in [0.05, 0.1) is 5.69 Å². The van der Waals surface area contributed by atoms with Crippen molar-refractivity contribution >= 4 is 11.3 Å². The van der Waals surface area contributed by atoms with Gasteiger partial charge in [-0.3, -0.25) is 0 Å². The maximum Gasteiger partial charge on any atom is 0.573 e. The molecule has 2 aromatic rings. The molecule has 4 nitrogen and oxygen atoms in total. The van der Waals surface area contributed by atoms with Crippen molar-refractivity contribution in [3.8, 4) is 11.5 Å². The Bertz CT molecular complexity index is 572. The molecule has 8 heteroatoms. The van der Waals surface area contributed by atoms with Crippen molar-refractivity contribution in [1.29, 1.82) is 0 Å². The van der Waals surface area contributed by atoms with Crippen LogP contribution in [0.1, 0.15) is 10.7 Å². The fourth-order valence-electron chi connectivity index (χ4n) is 1.44.